The molecule has 3 rings (SSSR count). The van der Waals surface area contributed by atoms with Crippen LogP contribution in [0.3, 0.4) is 0 Å². The van der Waals surface area contributed by atoms with Crippen molar-refractivity contribution in [3.8, 4) is 0 Å². The van der Waals surface area contributed by atoms with Gasteiger partial charge in [0, 0.05) is 17.7 Å². The van der Waals surface area contributed by atoms with E-state index in [2.05, 4.69) is 4.98 Å². The molecule has 1 aliphatic rings. The van der Waals surface area contributed by atoms with Crippen LogP contribution in [-0.2, 0) is 4.79 Å². The largest absolute Gasteiger partial charge is 0.545 e. The fourth-order valence-corrected chi connectivity index (χ4v) is 3.28. The Morgan fingerprint density at radius 1 is 1.27 bits per heavy atom. The van der Waals surface area contributed by atoms with E-state index in [-0.39, 0.29) is 18.9 Å². The Morgan fingerprint density at radius 3 is 2.65 bits per heavy atom. The first-order valence-electron chi connectivity index (χ1n) is 7.99. The van der Waals surface area contributed by atoms with E-state index in [1.807, 2.05) is 0 Å². The summed E-state index contributed by atoms with van der Waals surface area (Å²) in [6.45, 7) is 0. The number of halogens is 4. The summed E-state index contributed by atoms with van der Waals surface area (Å²) in [4.78, 5) is 15.3. The van der Waals surface area contributed by atoms with Gasteiger partial charge in [-0.15, -0.1) is 0 Å². The quantitative estimate of drug-likeness (QED) is 0.615. The molecule has 3 nitrogen and oxygen atoms in total. The normalized spacial score (nSPS) is 18.7. The van der Waals surface area contributed by atoms with Gasteiger partial charge in [0.25, 0.3) is 0 Å². The number of hydrogen-bond acceptors (Lipinski definition) is 3. The molecule has 0 N–H and O–H groups in total. The van der Waals surface area contributed by atoms with Gasteiger partial charge in [-0.25, -0.2) is 4.39 Å². The summed E-state index contributed by atoms with van der Waals surface area (Å²) in [5, 5.41) is 11.7. The lowest BCUT2D eigenvalue weighted by atomic mass is 9.81. The second-order valence-corrected chi connectivity index (χ2v) is 6.15. The van der Waals surface area contributed by atoms with E-state index in [4.69, 9.17) is 0 Å². The van der Waals surface area contributed by atoms with Gasteiger partial charge in [0.15, 0.2) is 0 Å². The highest BCUT2D eigenvalue weighted by atomic mass is 19.4. The third-order valence-electron chi connectivity index (χ3n) is 4.46. The number of aliphatic carboxylic acids is 1. The van der Waals surface area contributed by atoms with Crippen LogP contribution in [0.15, 0.2) is 48.2 Å². The lowest BCUT2D eigenvalue weighted by Crippen LogP contribution is -2.30. The lowest BCUT2D eigenvalue weighted by Gasteiger charge is -2.26. The van der Waals surface area contributed by atoms with E-state index in [1.54, 1.807) is 24.4 Å². The van der Waals surface area contributed by atoms with Crippen LogP contribution in [-0.4, -0.2) is 17.1 Å². The van der Waals surface area contributed by atoms with Crippen LogP contribution in [0.1, 0.15) is 24.8 Å². The molecular weight excluding hydrogens is 350 g/mol. The third-order valence-corrected chi connectivity index (χ3v) is 4.46. The summed E-state index contributed by atoms with van der Waals surface area (Å²) in [5.41, 5.74) is 1.46. The molecule has 1 unspecified atom stereocenters. The van der Waals surface area contributed by atoms with Gasteiger partial charge >= 0.3 is 6.18 Å². The predicted octanol–water partition coefficient (Wildman–Crippen LogP) is 3.80. The van der Waals surface area contributed by atoms with E-state index in [0.29, 0.717) is 17.3 Å². The topological polar surface area (TPSA) is 53.0 Å². The zero-order chi connectivity index (χ0) is 18.9. The first-order chi connectivity index (χ1) is 12.2. The maximum absolute atomic E-state index is 13.6. The molecule has 1 aromatic heterocycles. The molecular formula is C19H14F4NO2-. The van der Waals surface area contributed by atoms with Crippen molar-refractivity contribution in [3.63, 3.8) is 0 Å². The zero-order valence-electron chi connectivity index (χ0n) is 13.5. The molecule has 0 bridgehead atoms. The molecule has 1 atom stereocenters. The second kappa shape index (κ2) is 6.90. The van der Waals surface area contributed by atoms with Crippen LogP contribution in [0.25, 0.3) is 16.5 Å². The van der Waals surface area contributed by atoms with E-state index in [0.717, 1.165) is 11.1 Å². The van der Waals surface area contributed by atoms with Gasteiger partial charge in [0.1, 0.15) is 5.82 Å². The maximum Gasteiger partial charge on any atom is 0.410 e. The van der Waals surface area contributed by atoms with E-state index >= 15 is 0 Å². The summed E-state index contributed by atoms with van der Waals surface area (Å²) < 4.78 is 51.2. The summed E-state index contributed by atoms with van der Waals surface area (Å²) in [5.74, 6) is -2.98. The number of nitrogens with zero attached hydrogens (tertiary/aromatic N) is 1. The monoisotopic (exact) mass is 364 g/mol. The number of carbonyl (C=O) groups is 1. The minimum Gasteiger partial charge on any atom is -0.545 e. The summed E-state index contributed by atoms with van der Waals surface area (Å²) in [6, 6.07) is 5.94. The fourth-order valence-electron chi connectivity index (χ4n) is 3.28. The van der Waals surface area contributed by atoms with Gasteiger partial charge in [-0.3, -0.25) is 4.98 Å². The molecule has 7 heteroatoms. The van der Waals surface area contributed by atoms with Gasteiger partial charge in [-0.1, -0.05) is 6.08 Å². The Labute approximate surface area is 146 Å². The standard InChI is InChI=1S/C19H15F4NO2/c20-13-5-6-17-15(9-13)14(7-8-24-17)11-1-3-12(4-2-11)16(18(25)26)10-19(21,22)23/h1,5-10,12H,2-4H2,(H,25,26)/p-1. The average Bonchev–Trinajstić information content (AvgIpc) is 2.58. The van der Waals surface area contributed by atoms with E-state index in [1.165, 1.54) is 12.1 Å². The fraction of sp³-hybridized carbons (Fsp3) is 0.263. The van der Waals surface area contributed by atoms with Crippen LogP contribution in [0.4, 0.5) is 17.6 Å². The number of hydrogen-bond donors (Lipinski definition) is 0. The second-order valence-electron chi connectivity index (χ2n) is 6.15. The van der Waals surface area contributed by atoms with Gasteiger partial charge in [0.2, 0.25) is 0 Å². The SMILES string of the molecule is O=C([O-])C(=CC(F)(F)F)C1CC=C(c2ccnc3ccc(F)cc23)CC1. The molecule has 0 saturated carbocycles. The number of aromatic nitrogens is 1. The molecule has 2 aromatic rings. The Kier molecular flexibility index (Phi) is 4.80. The molecule has 0 aliphatic heterocycles. The number of carbonyl (C=O) groups excluding carboxylic acids is 1. The minimum atomic E-state index is -4.71. The Bertz CT molecular complexity index is 915. The molecule has 1 aromatic carbocycles. The number of alkyl halides is 3. The highest BCUT2D eigenvalue weighted by Gasteiger charge is 2.29. The van der Waals surface area contributed by atoms with Crippen molar-refractivity contribution in [2.24, 2.45) is 5.92 Å². The Balaban J connectivity index is 1.92. The van der Waals surface area contributed by atoms with Gasteiger partial charge in [0.05, 0.1) is 11.5 Å². The number of fused-ring (bicyclic) bond motifs is 1. The van der Waals surface area contributed by atoms with Crippen molar-refractivity contribution in [2.75, 3.05) is 0 Å². The van der Waals surface area contributed by atoms with E-state index in [9.17, 15) is 27.5 Å². The predicted molar refractivity (Wildman–Crippen MR) is 86.2 cm³/mol. The highest BCUT2D eigenvalue weighted by Crippen LogP contribution is 2.37. The first kappa shape index (κ1) is 18.1. The minimum absolute atomic E-state index is 0.143. The lowest BCUT2D eigenvalue weighted by molar-refractivity contribution is -0.300. The van der Waals surface area contributed by atoms with Crippen molar-refractivity contribution in [3.05, 3.63) is 59.6 Å². The molecule has 0 amide bonds. The van der Waals surface area contributed by atoms with Crippen LogP contribution < -0.4 is 5.11 Å². The van der Waals surface area contributed by atoms with Crippen molar-refractivity contribution in [1.29, 1.82) is 0 Å². The van der Waals surface area contributed by atoms with Gasteiger partial charge < -0.3 is 9.90 Å². The number of carboxylic acid groups (broad SMARTS) is 1. The van der Waals surface area contributed by atoms with Crippen LogP contribution >= 0.6 is 0 Å². The maximum atomic E-state index is 13.6. The Hall–Kier alpha value is -2.70. The van der Waals surface area contributed by atoms with Crippen LogP contribution in [0, 0.1) is 11.7 Å². The molecule has 0 radical (unpaired) electrons. The van der Waals surface area contributed by atoms with Crippen molar-refractivity contribution in [1.82, 2.24) is 4.98 Å². The summed E-state index contributed by atoms with van der Waals surface area (Å²) in [6.07, 6.45) is -0.852. The molecule has 26 heavy (non-hydrogen) atoms. The first-order valence-corrected chi connectivity index (χ1v) is 7.99. The summed E-state index contributed by atoms with van der Waals surface area (Å²) >= 11 is 0. The molecule has 1 heterocycles. The van der Waals surface area contributed by atoms with Crippen molar-refractivity contribution in [2.45, 2.75) is 25.4 Å². The van der Waals surface area contributed by atoms with E-state index < -0.39 is 29.5 Å². The number of benzene rings is 1. The number of carboxylic acids is 1. The van der Waals surface area contributed by atoms with Crippen LogP contribution in [0.2, 0.25) is 0 Å². The Morgan fingerprint density at radius 2 is 2.04 bits per heavy atom. The number of pyridine rings is 1. The number of allylic oxidation sites excluding steroid dienone is 3. The van der Waals surface area contributed by atoms with Gasteiger partial charge in [-0.05, 0) is 66.2 Å². The molecule has 0 spiro atoms. The smallest absolute Gasteiger partial charge is 0.410 e. The average molecular weight is 364 g/mol. The zero-order valence-corrected chi connectivity index (χ0v) is 13.5. The molecule has 136 valence electrons. The third kappa shape index (κ3) is 3.92. The van der Waals surface area contributed by atoms with Crippen LogP contribution in [0.5, 0.6) is 0 Å². The van der Waals surface area contributed by atoms with Crippen molar-refractivity contribution >= 4 is 22.4 Å². The van der Waals surface area contributed by atoms with Crippen molar-refractivity contribution < 1.29 is 27.5 Å². The molecule has 0 saturated heterocycles. The van der Waals surface area contributed by atoms with Gasteiger partial charge in [-0.2, -0.15) is 13.2 Å². The highest BCUT2D eigenvalue weighted by molar-refractivity contribution is 5.92. The summed E-state index contributed by atoms with van der Waals surface area (Å²) in [7, 11) is 0. The number of rotatable bonds is 3. The molecule has 1 aliphatic carbocycles. The molecule has 0 fully saturated rings.